The van der Waals surface area contributed by atoms with E-state index in [9.17, 15) is 0 Å². The molecule has 0 bridgehead atoms. The highest BCUT2D eigenvalue weighted by atomic mass is 35.5. The first kappa shape index (κ1) is 13.2. The summed E-state index contributed by atoms with van der Waals surface area (Å²) < 4.78 is 5.32. The topological polar surface area (TPSA) is 47.0 Å². The minimum Gasteiger partial charge on any atom is -0.377 e. The molecule has 0 atom stereocenters. The predicted molar refractivity (Wildman–Crippen MR) is 66.0 cm³/mol. The van der Waals surface area contributed by atoms with Gasteiger partial charge in [-0.15, -0.1) is 0 Å². The third-order valence-corrected chi connectivity index (χ3v) is 2.81. The van der Waals surface area contributed by atoms with Crippen LogP contribution < -0.4 is 5.32 Å². The number of halogens is 1. The molecule has 0 amide bonds. The first-order valence-electron chi connectivity index (χ1n) is 5.28. The lowest BCUT2D eigenvalue weighted by atomic mass is 10.1. The molecule has 0 radical (unpaired) electrons. The van der Waals surface area contributed by atoms with Gasteiger partial charge in [0.25, 0.3) is 0 Å². The number of nitrogens with zero attached hydrogens (tertiary/aromatic N) is 2. The molecule has 0 saturated carbocycles. The molecule has 1 heterocycles. The molecule has 0 unspecified atom stereocenters. The maximum Gasteiger partial charge on any atom is 0.137 e. The van der Waals surface area contributed by atoms with E-state index in [0.717, 1.165) is 17.8 Å². The second-order valence-corrected chi connectivity index (χ2v) is 4.52. The summed E-state index contributed by atoms with van der Waals surface area (Å²) >= 11 is 5.99. The van der Waals surface area contributed by atoms with E-state index < -0.39 is 0 Å². The molecule has 1 aromatic heterocycles. The molecule has 1 aromatic rings. The summed E-state index contributed by atoms with van der Waals surface area (Å²) in [5, 5.41) is 3.75. The molecule has 90 valence electrons. The molecule has 0 aliphatic rings. The highest BCUT2D eigenvalue weighted by Crippen LogP contribution is 2.21. The van der Waals surface area contributed by atoms with Gasteiger partial charge in [-0.05, 0) is 20.3 Å². The van der Waals surface area contributed by atoms with Crippen molar-refractivity contribution in [1.82, 2.24) is 9.97 Å². The summed E-state index contributed by atoms with van der Waals surface area (Å²) in [5.74, 6) is 0.785. The number of ether oxygens (including phenoxy) is 1. The Labute approximate surface area is 101 Å². The molecular formula is C11H18ClN3O. The van der Waals surface area contributed by atoms with E-state index in [1.54, 1.807) is 7.11 Å². The first-order valence-corrected chi connectivity index (χ1v) is 5.66. The van der Waals surface area contributed by atoms with Gasteiger partial charge < -0.3 is 10.1 Å². The SMILES string of the molecule is CCc1c(Cl)ncnc1NCC(C)(C)OC. The number of nitrogens with one attached hydrogen (secondary N) is 1. The van der Waals surface area contributed by atoms with Gasteiger partial charge in [0.15, 0.2) is 0 Å². The summed E-state index contributed by atoms with van der Waals surface area (Å²) in [5.41, 5.74) is 0.707. The van der Waals surface area contributed by atoms with E-state index in [1.807, 2.05) is 20.8 Å². The highest BCUT2D eigenvalue weighted by molar-refractivity contribution is 6.30. The summed E-state index contributed by atoms with van der Waals surface area (Å²) in [6.07, 6.45) is 2.26. The molecule has 0 spiro atoms. The van der Waals surface area contributed by atoms with Crippen LogP contribution in [0, 0.1) is 0 Å². The van der Waals surface area contributed by atoms with Crippen LogP contribution in [0.3, 0.4) is 0 Å². The van der Waals surface area contributed by atoms with Crippen molar-refractivity contribution in [2.24, 2.45) is 0 Å². The van der Waals surface area contributed by atoms with Crippen molar-refractivity contribution in [1.29, 1.82) is 0 Å². The van der Waals surface area contributed by atoms with Gasteiger partial charge in [-0.2, -0.15) is 0 Å². The van der Waals surface area contributed by atoms with Crippen molar-refractivity contribution in [3.63, 3.8) is 0 Å². The number of hydrogen-bond donors (Lipinski definition) is 1. The van der Waals surface area contributed by atoms with E-state index in [4.69, 9.17) is 16.3 Å². The normalized spacial score (nSPS) is 11.6. The Kier molecular flexibility index (Phi) is 4.50. The molecular weight excluding hydrogens is 226 g/mol. The summed E-state index contributed by atoms with van der Waals surface area (Å²) in [6.45, 7) is 6.71. The summed E-state index contributed by atoms with van der Waals surface area (Å²) in [7, 11) is 1.69. The van der Waals surface area contributed by atoms with Crippen molar-refractivity contribution >= 4 is 17.4 Å². The molecule has 0 aliphatic carbocycles. The van der Waals surface area contributed by atoms with Crippen molar-refractivity contribution in [3.05, 3.63) is 17.0 Å². The van der Waals surface area contributed by atoms with Gasteiger partial charge in [0, 0.05) is 19.2 Å². The summed E-state index contributed by atoms with van der Waals surface area (Å²) in [4.78, 5) is 8.14. The van der Waals surface area contributed by atoms with Crippen LogP contribution in [0.25, 0.3) is 0 Å². The Morgan fingerprint density at radius 2 is 2.12 bits per heavy atom. The van der Waals surface area contributed by atoms with Crippen molar-refractivity contribution < 1.29 is 4.74 Å². The lowest BCUT2D eigenvalue weighted by Crippen LogP contribution is -2.32. The molecule has 1 N–H and O–H groups in total. The molecule has 4 nitrogen and oxygen atoms in total. The van der Waals surface area contributed by atoms with Crippen LogP contribution in [0.5, 0.6) is 0 Å². The molecule has 0 fully saturated rings. The monoisotopic (exact) mass is 243 g/mol. The minimum absolute atomic E-state index is 0.234. The maximum absolute atomic E-state index is 5.99. The van der Waals surface area contributed by atoms with Gasteiger partial charge in [-0.1, -0.05) is 18.5 Å². The number of anilines is 1. The standard InChI is InChI=1S/C11H18ClN3O/c1-5-8-9(12)14-7-15-10(8)13-6-11(2,3)16-4/h7H,5-6H2,1-4H3,(H,13,14,15). The smallest absolute Gasteiger partial charge is 0.137 e. The van der Waals surface area contributed by atoms with Crippen LogP contribution in [0.15, 0.2) is 6.33 Å². The van der Waals surface area contributed by atoms with Crippen LogP contribution in [-0.2, 0) is 11.2 Å². The van der Waals surface area contributed by atoms with Gasteiger partial charge >= 0.3 is 0 Å². The number of hydrogen-bond acceptors (Lipinski definition) is 4. The Morgan fingerprint density at radius 3 is 2.69 bits per heavy atom. The zero-order valence-electron chi connectivity index (χ0n) is 10.2. The zero-order valence-corrected chi connectivity index (χ0v) is 10.9. The molecule has 0 aromatic carbocycles. The number of methoxy groups -OCH3 is 1. The Bertz CT molecular complexity index is 355. The summed E-state index contributed by atoms with van der Waals surface area (Å²) in [6, 6.07) is 0. The fourth-order valence-electron chi connectivity index (χ4n) is 1.23. The Morgan fingerprint density at radius 1 is 1.44 bits per heavy atom. The lowest BCUT2D eigenvalue weighted by molar-refractivity contribution is 0.0343. The van der Waals surface area contributed by atoms with E-state index in [0.29, 0.717) is 11.7 Å². The van der Waals surface area contributed by atoms with Gasteiger partial charge in [0.2, 0.25) is 0 Å². The van der Waals surface area contributed by atoms with Crippen LogP contribution >= 0.6 is 11.6 Å². The van der Waals surface area contributed by atoms with E-state index in [-0.39, 0.29) is 5.60 Å². The van der Waals surface area contributed by atoms with Gasteiger partial charge in [-0.25, -0.2) is 9.97 Å². The van der Waals surface area contributed by atoms with E-state index >= 15 is 0 Å². The molecule has 1 rings (SSSR count). The van der Waals surface area contributed by atoms with Gasteiger partial charge in [-0.3, -0.25) is 0 Å². The minimum atomic E-state index is -0.234. The van der Waals surface area contributed by atoms with Crippen molar-refractivity contribution in [2.75, 3.05) is 19.0 Å². The van der Waals surface area contributed by atoms with Crippen LogP contribution in [0.1, 0.15) is 26.3 Å². The van der Waals surface area contributed by atoms with Crippen LogP contribution in [0.4, 0.5) is 5.82 Å². The third-order valence-electron chi connectivity index (χ3n) is 2.48. The van der Waals surface area contributed by atoms with E-state index in [1.165, 1.54) is 6.33 Å². The zero-order chi connectivity index (χ0) is 12.2. The average molecular weight is 244 g/mol. The molecule has 5 heteroatoms. The second kappa shape index (κ2) is 5.46. The largest absolute Gasteiger partial charge is 0.377 e. The predicted octanol–water partition coefficient (Wildman–Crippen LogP) is 2.53. The average Bonchev–Trinajstić information content (AvgIpc) is 2.26. The maximum atomic E-state index is 5.99. The third kappa shape index (κ3) is 3.32. The number of rotatable bonds is 5. The Balaban J connectivity index is 2.78. The van der Waals surface area contributed by atoms with Crippen molar-refractivity contribution in [2.45, 2.75) is 32.8 Å². The van der Waals surface area contributed by atoms with Crippen molar-refractivity contribution in [3.8, 4) is 0 Å². The second-order valence-electron chi connectivity index (χ2n) is 4.16. The molecule has 16 heavy (non-hydrogen) atoms. The quantitative estimate of drug-likeness (QED) is 0.808. The fraction of sp³-hybridized carbons (Fsp3) is 0.636. The molecule has 0 saturated heterocycles. The van der Waals surface area contributed by atoms with Crippen LogP contribution in [0.2, 0.25) is 5.15 Å². The highest BCUT2D eigenvalue weighted by Gasteiger charge is 2.17. The van der Waals surface area contributed by atoms with Gasteiger partial charge in [0.1, 0.15) is 17.3 Å². The fourth-order valence-corrected chi connectivity index (χ4v) is 1.49. The van der Waals surface area contributed by atoms with Crippen LogP contribution in [-0.4, -0.2) is 29.2 Å². The molecule has 0 aliphatic heterocycles. The van der Waals surface area contributed by atoms with Gasteiger partial charge in [0.05, 0.1) is 5.60 Å². The van der Waals surface area contributed by atoms with E-state index in [2.05, 4.69) is 15.3 Å². The lowest BCUT2D eigenvalue weighted by Gasteiger charge is -2.24. The Hall–Kier alpha value is -0.870. The first-order chi connectivity index (χ1) is 7.50. The number of aromatic nitrogens is 2.